The van der Waals surface area contributed by atoms with Crippen LogP contribution in [0.1, 0.15) is 11.9 Å². The minimum atomic E-state index is -5.00. The molecule has 1 aromatic heterocycles. The summed E-state index contributed by atoms with van der Waals surface area (Å²) in [5.74, 6) is 0. The summed E-state index contributed by atoms with van der Waals surface area (Å²) in [4.78, 5) is 4.08. The highest BCUT2D eigenvalue weighted by atomic mass is 19.4. The van der Waals surface area contributed by atoms with Crippen LogP contribution in [0.3, 0.4) is 0 Å². The third-order valence-corrected chi connectivity index (χ3v) is 2.37. The minimum absolute atomic E-state index is 0.197. The molecule has 0 aliphatic heterocycles. The van der Waals surface area contributed by atoms with E-state index in [2.05, 4.69) is 9.72 Å². The van der Waals surface area contributed by atoms with Crippen molar-refractivity contribution in [2.24, 2.45) is 0 Å². The first-order valence-corrected chi connectivity index (χ1v) is 5.36. The average Bonchev–Trinajstić information content (AvgIpc) is 2.38. The summed E-state index contributed by atoms with van der Waals surface area (Å²) in [5.41, 5.74) is 1.14. The summed E-state index contributed by atoms with van der Waals surface area (Å²) in [6.07, 6.45) is -5.94. The van der Waals surface area contributed by atoms with E-state index < -0.39 is 12.7 Å². The highest BCUT2D eigenvalue weighted by molar-refractivity contribution is 5.59. The Morgan fingerprint density at radius 1 is 1.00 bits per heavy atom. The van der Waals surface area contributed by atoms with Gasteiger partial charge in [-0.05, 0) is 12.1 Å². The quantitative estimate of drug-likeness (QED) is 0.778. The number of aromatic nitrogens is 1. The number of nitrogens with zero attached hydrogens (tertiary/aromatic N) is 1. The van der Waals surface area contributed by atoms with Gasteiger partial charge >= 0.3 is 6.36 Å². The van der Waals surface area contributed by atoms with Crippen LogP contribution in [-0.4, -0.2) is 11.3 Å². The zero-order valence-electron chi connectivity index (χ0n) is 9.56. The fourth-order valence-electron chi connectivity index (χ4n) is 1.52. The second-order valence-electron chi connectivity index (χ2n) is 3.72. The van der Waals surface area contributed by atoms with Crippen LogP contribution in [0.15, 0.2) is 48.7 Å². The first-order valence-electron chi connectivity index (χ1n) is 5.36. The molecule has 0 spiro atoms. The Balaban J connectivity index is 2.15. The number of rotatable bonds is 3. The van der Waals surface area contributed by atoms with Crippen molar-refractivity contribution in [2.75, 3.05) is 0 Å². The van der Waals surface area contributed by atoms with Gasteiger partial charge in [-0.25, -0.2) is 4.39 Å². The van der Waals surface area contributed by atoms with Crippen molar-refractivity contribution < 1.29 is 22.3 Å². The smallest absolute Gasteiger partial charge is 0.256 e. The summed E-state index contributed by atoms with van der Waals surface area (Å²) in [6.45, 7) is 0. The van der Waals surface area contributed by atoms with Crippen LogP contribution >= 0.6 is 0 Å². The molecule has 1 aromatic carbocycles. The van der Waals surface area contributed by atoms with Crippen molar-refractivity contribution in [1.29, 1.82) is 0 Å². The van der Waals surface area contributed by atoms with Gasteiger partial charge in [0, 0.05) is 17.3 Å². The molecule has 0 aliphatic rings. The van der Waals surface area contributed by atoms with Crippen molar-refractivity contribution in [3.63, 3.8) is 0 Å². The molecule has 0 saturated carbocycles. The van der Waals surface area contributed by atoms with E-state index in [4.69, 9.17) is 0 Å². The van der Waals surface area contributed by atoms with Crippen LogP contribution in [0.2, 0.25) is 0 Å². The summed E-state index contributed by atoms with van der Waals surface area (Å²) in [6, 6.07) is 10.7. The maximum Gasteiger partial charge on any atom is 0.525 e. The SMILES string of the molecule is FC(OC(F)(F)F)c1ccc(-c2ccccn2)cc1. The number of benzene rings is 1. The molecule has 1 unspecified atom stereocenters. The lowest BCUT2D eigenvalue weighted by Gasteiger charge is -2.12. The Morgan fingerprint density at radius 3 is 2.21 bits per heavy atom. The zero-order chi connectivity index (χ0) is 13.9. The van der Waals surface area contributed by atoms with Gasteiger partial charge in [0.25, 0.3) is 0 Å². The average molecular weight is 271 g/mol. The number of ether oxygens (including phenoxy) is 1. The normalized spacial score (nSPS) is 13.3. The van der Waals surface area contributed by atoms with Crippen molar-refractivity contribution in [3.05, 3.63) is 54.2 Å². The molecule has 0 radical (unpaired) electrons. The van der Waals surface area contributed by atoms with Gasteiger partial charge < -0.3 is 0 Å². The van der Waals surface area contributed by atoms with E-state index in [0.717, 1.165) is 0 Å². The van der Waals surface area contributed by atoms with Crippen molar-refractivity contribution in [2.45, 2.75) is 12.7 Å². The van der Waals surface area contributed by atoms with Gasteiger partial charge in [0.15, 0.2) is 0 Å². The number of pyridine rings is 1. The summed E-state index contributed by atoms with van der Waals surface area (Å²) in [7, 11) is 0. The molecule has 2 nitrogen and oxygen atoms in total. The second kappa shape index (κ2) is 5.36. The third-order valence-electron chi connectivity index (χ3n) is 2.37. The Hall–Kier alpha value is -1.95. The first kappa shape index (κ1) is 13.5. The van der Waals surface area contributed by atoms with Gasteiger partial charge in [-0.15, -0.1) is 13.2 Å². The van der Waals surface area contributed by atoms with Crippen molar-refractivity contribution in [3.8, 4) is 11.3 Å². The lowest BCUT2D eigenvalue weighted by molar-refractivity contribution is -0.363. The Kier molecular flexibility index (Phi) is 3.80. The monoisotopic (exact) mass is 271 g/mol. The van der Waals surface area contributed by atoms with E-state index in [0.29, 0.717) is 11.3 Å². The first-order chi connectivity index (χ1) is 8.96. The second-order valence-corrected chi connectivity index (χ2v) is 3.72. The predicted molar refractivity (Wildman–Crippen MR) is 60.7 cm³/mol. The topological polar surface area (TPSA) is 22.1 Å². The van der Waals surface area contributed by atoms with E-state index >= 15 is 0 Å². The molecule has 6 heteroatoms. The van der Waals surface area contributed by atoms with E-state index in [9.17, 15) is 17.6 Å². The number of halogens is 4. The van der Waals surface area contributed by atoms with Crippen molar-refractivity contribution >= 4 is 0 Å². The maximum absolute atomic E-state index is 13.2. The summed E-state index contributed by atoms with van der Waals surface area (Å²) in [5, 5.41) is 0. The lowest BCUT2D eigenvalue weighted by Crippen LogP contribution is -2.15. The fraction of sp³-hybridized carbons (Fsp3) is 0.154. The van der Waals surface area contributed by atoms with E-state index in [1.165, 1.54) is 24.3 Å². The Morgan fingerprint density at radius 2 is 1.68 bits per heavy atom. The standard InChI is InChI=1S/C13H9F4NO/c14-12(19-13(15,16)17)10-6-4-9(5-7-10)11-3-1-2-8-18-11/h1-8,12H. The van der Waals surface area contributed by atoms with Crippen LogP contribution < -0.4 is 0 Å². The number of alkyl halides is 4. The van der Waals surface area contributed by atoms with E-state index in [1.54, 1.807) is 24.4 Å². The molecular weight excluding hydrogens is 262 g/mol. The number of hydrogen-bond acceptors (Lipinski definition) is 2. The summed E-state index contributed by atoms with van der Waals surface area (Å²) >= 11 is 0. The fourth-order valence-corrected chi connectivity index (χ4v) is 1.52. The highest BCUT2D eigenvalue weighted by Crippen LogP contribution is 2.29. The molecule has 100 valence electrons. The molecule has 2 aromatic rings. The van der Waals surface area contributed by atoms with Crippen LogP contribution in [0.5, 0.6) is 0 Å². The molecule has 0 N–H and O–H groups in total. The molecule has 19 heavy (non-hydrogen) atoms. The van der Waals surface area contributed by atoms with Crippen LogP contribution in [0.25, 0.3) is 11.3 Å². The number of hydrogen-bond donors (Lipinski definition) is 0. The van der Waals surface area contributed by atoms with Gasteiger partial charge in [0.1, 0.15) is 0 Å². The molecule has 0 aliphatic carbocycles. The predicted octanol–water partition coefficient (Wildman–Crippen LogP) is 4.25. The van der Waals surface area contributed by atoms with Crippen molar-refractivity contribution in [1.82, 2.24) is 4.98 Å². The Labute approximate surface area is 106 Å². The van der Waals surface area contributed by atoms with Crippen LogP contribution in [0.4, 0.5) is 17.6 Å². The molecule has 0 saturated heterocycles. The largest absolute Gasteiger partial charge is 0.525 e. The molecule has 0 amide bonds. The van der Waals surface area contributed by atoms with Crippen LogP contribution in [0, 0.1) is 0 Å². The summed E-state index contributed by atoms with van der Waals surface area (Å²) < 4.78 is 52.1. The van der Waals surface area contributed by atoms with Gasteiger partial charge in [-0.2, -0.15) is 0 Å². The minimum Gasteiger partial charge on any atom is -0.256 e. The van der Waals surface area contributed by atoms with Gasteiger partial charge in [0.05, 0.1) is 5.69 Å². The third kappa shape index (κ3) is 3.75. The Bertz CT molecular complexity index is 525. The van der Waals surface area contributed by atoms with Gasteiger partial charge in [0.2, 0.25) is 6.36 Å². The van der Waals surface area contributed by atoms with E-state index in [1.807, 2.05) is 0 Å². The van der Waals surface area contributed by atoms with Gasteiger partial charge in [-0.3, -0.25) is 9.72 Å². The van der Waals surface area contributed by atoms with E-state index in [-0.39, 0.29) is 5.56 Å². The molecular formula is C13H9F4NO. The highest BCUT2D eigenvalue weighted by Gasteiger charge is 2.34. The molecule has 0 fully saturated rings. The maximum atomic E-state index is 13.2. The molecule has 1 heterocycles. The zero-order valence-corrected chi connectivity index (χ0v) is 9.56. The van der Waals surface area contributed by atoms with Gasteiger partial charge in [-0.1, -0.05) is 30.3 Å². The molecule has 2 rings (SSSR count). The molecule has 0 bridgehead atoms. The van der Waals surface area contributed by atoms with Crippen LogP contribution in [-0.2, 0) is 4.74 Å². The lowest BCUT2D eigenvalue weighted by atomic mass is 10.1. The molecule has 1 atom stereocenters.